The average Bonchev–Trinajstić information content (AvgIpc) is 3.79. The number of hydrogen-bond donors (Lipinski definition) is 2. The molecule has 52 heavy (non-hydrogen) atoms. The Kier molecular flexibility index (Phi) is 23.1. The Balaban J connectivity index is 0.000000359. The van der Waals surface area contributed by atoms with Crippen LogP contribution in [-0.4, -0.2) is 111 Å². The number of aromatic nitrogens is 3. The number of carbonyl (C=O) groups is 2. The number of halogens is 5. The van der Waals surface area contributed by atoms with Gasteiger partial charge >= 0.3 is 10.7 Å². The third kappa shape index (κ3) is 14.6. The summed E-state index contributed by atoms with van der Waals surface area (Å²) in [6.07, 6.45) is 5.06. The molecular weight excluding hydrogens is 770 g/mol. The zero-order chi connectivity index (χ0) is 35.2. The van der Waals surface area contributed by atoms with Gasteiger partial charge in [0.15, 0.2) is 0 Å². The highest BCUT2D eigenvalue weighted by Gasteiger charge is 2.35. The third-order valence-electron chi connectivity index (χ3n) is 9.97. The van der Waals surface area contributed by atoms with E-state index in [1.165, 1.54) is 81.7 Å². The van der Waals surface area contributed by atoms with Crippen LogP contribution in [0.5, 0.6) is 0 Å². The molecule has 7 aliphatic heterocycles. The van der Waals surface area contributed by atoms with E-state index in [0.29, 0.717) is 12.0 Å². The molecule has 10 rings (SSSR count). The van der Waals surface area contributed by atoms with Gasteiger partial charge in [-0.15, -0.1) is 42.3 Å². The summed E-state index contributed by atoms with van der Waals surface area (Å²) in [6, 6.07) is 16.1. The van der Waals surface area contributed by atoms with Crippen LogP contribution in [0.15, 0.2) is 58.8 Å². The van der Waals surface area contributed by atoms with Crippen LogP contribution in [-0.2, 0) is 6.54 Å². The Morgan fingerprint density at radius 1 is 0.827 bits per heavy atom. The zero-order valence-electron chi connectivity index (χ0n) is 30.3. The molecule has 1 aromatic heterocycles. The number of nitrogens with two attached hydrogens (primary N) is 1. The normalized spacial score (nSPS) is 23.9. The van der Waals surface area contributed by atoms with E-state index in [1.54, 1.807) is 0 Å². The molecule has 3 aromatic rings. The Morgan fingerprint density at radius 3 is 1.83 bits per heavy atom. The van der Waals surface area contributed by atoms with Crippen LogP contribution < -0.4 is 11.1 Å². The lowest BCUT2D eigenvalue weighted by molar-refractivity contribution is 0.0765. The smallest absolute Gasteiger partial charge is 0.332 e. The van der Waals surface area contributed by atoms with Crippen LogP contribution in [0.4, 0.5) is 15.3 Å². The first-order chi connectivity index (χ1) is 23.7. The van der Waals surface area contributed by atoms with Crippen LogP contribution >= 0.6 is 60.4 Å². The quantitative estimate of drug-likeness (QED) is 0.257. The van der Waals surface area contributed by atoms with Crippen LogP contribution in [0.25, 0.3) is 11.0 Å². The fraction of sp³-hybridized carbons (Fsp3) is 0.600. The average molecular weight is 825 g/mol. The minimum Gasteiger partial charge on any atom is -0.332 e. The standard InChI is InChI=1S/C14H17N5O.C7H14N2.C7H6N2.C6H15N.CCl2O.3ClH/c20-14(15-12-9-18-7-5-10(12)6-8-18)19-13-4-2-1-3-11(13)16-17-19;8-7-5-9-3-1-6(7)2-4-9;1-2-4-7-6(3-1)5-8-9-7;1-4-7(5-2)6-3;2-1(3)4;;;/h1-4,10,12H,5-9H2,(H,15,20);6-7H,1-5,8H2;1-4H,5H2;4-6H2,1-3H3;;3*1H/t12-;7-;;;;;;/m00....../s1. The van der Waals surface area contributed by atoms with Gasteiger partial charge in [0.2, 0.25) is 0 Å². The van der Waals surface area contributed by atoms with E-state index in [0.717, 1.165) is 42.3 Å². The van der Waals surface area contributed by atoms with Crippen molar-refractivity contribution in [3.63, 3.8) is 0 Å². The summed E-state index contributed by atoms with van der Waals surface area (Å²) < 4.78 is 0.479. The van der Waals surface area contributed by atoms with Gasteiger partial charge in [0, 0.05) is 30.7 Å². The van der Waals surface area contributed by atoms with Crippen molar-refractivity contribution in [3.05, 3.63) is 54.1 Å². The molecule has 6 saturated heterocycles. The van der Waals surface area contributed by atoms with Crippen molar-refractivity contribution in [1.29, 1.82) is 0 Å². The van der Waals surface area contributed by atoms with E-state index in [1.807, 2.05) is 42.5 Å². The molecule has 4 bridgehead atoms. The first-order valence-corrected chi connectivity index (χ1v) is 18.3. The highest BCUT2D eigenvalue weighted by molar-refractivity contribution is 6.93. The lowest BCUT2D eigenvalue weighted by Gasteiger charge is -2.44. The highest BCUT2D eigenvalue weighted by atomic mass is 35.5. The molecular formula is C35H55Cl5N10O2. The lowest BCUT2D eigenvalue weighted by atomic mass is 9.84. The summed E-state index contributed by atoms with van der Waals surface area (Å²) in [5.41, 5.74) is 9.64. The summed E-state index contributed by atoms with van der Waals surface area (Å²) in [6.45, 7) is 18.0. The SMILES string of the molecule is CCN(CC)CC.Cl.Cl.Cl.N[C@H]1CN2CCC1CC2.O=C(Cl)Cl.O=C(N[C@H]1CN2CCC1CC2)n1nnc2ccccc21.c1ccc2c(c1)CN=N2. The predicted octanol–water partition coefficient (Wildman–Crippen LogP) is 7.60. The number of piperidine rings is 6. The van der Waals surface area contributed by atoms with Crippen molar-refractivity contribution >= 4 is 87.9 Å². The summed E-state index contributed by atoms with van der Waals surface area (Å²) in [5, 5.41) is 18.9. The number of hydrogen-bond acceptors (Lipinski definition) is 10. The maximum Gasteiger partial charge on any atom is 0.344 e. The van der Waals surface area contributed by atoms with E-state index >= 15 is 0 Å². The van der Waals surface area contributed by atoms with Gasteiger partial charge in [0.05, 0.1) is 17.7 Å². The Labute approximate surface area is 336 Å². The topological polar surface area (TPSA) is 137 Å². The summed E-state index contributed by atoms with van der Waals surface area (Å²) >= 11 is 8.80. The van der Waals surface area contributed by atoms with Crippen molar-refractivity contribution in [2.45, 2.75) is 65.1 Å². The van der Waals surface area contributed by atoms with E-state index < -0.39 is 4.70 Å². The number of nitrogens with zero attached hydrogens (tertiary/aromatic N) is 8. The molecule has 17 heteroatoms. The van der Waals surface area contributed by atoms with Crippen molar-refractivity contribution in [2.24, 2.45) is 27.8 Å². The fourth-order valence-corrected chi connectivity index (χ4v) is 6.98. The van der Waals surface area contributed by atoms with Gasteiger partial charge in [-0.1, -0.05) is 56.3 Å². The van der Waals surface area contributed by atoms with Crippen molar-refractivity contribution in [3.8, 4) is 0 Å². The van der Waals surface area contributed by atoms with Crippen molar-refractivity contribution in [2.75, 3.05) is 58.9 Å². The van der Waals surface area contributed by atoms with Gasteiger partial charge in [-0.3, -0.25) is 4.79 Å². The molecule has 8 heterocycles. The summed E-state index contributed by atoms with van der Waals surface area (Å²) in [4.78, 5) is 28.6. The number of amides is 1. The number of para-hydroxylation sites is 1. The maximum atomic E-state index is 12.4. The number of carbonyl (C=O) groups excluding carboxylic acids is 2. The molecule has 0 unspecified atom stereocenters. The molecule has 0 spiro atoms. The van der Waals surface area contributed by atoms with E-state index in [2.05, 4.69) is 90.6 Å². The van der Waals surface area contributed by atoms with Crippen LogP contribution in [0, 0.1) is 11.8 Å². The number of fused-ring (bicyclic) bond motifs is 8. The molecule has 0 saturated carbocycles. The van der Waals surface area contributed by atoms with Gasteiger partial charge in [-0.05, 0) is 125 Å². The monoisotopic (exact) mass is 822 g/mol. The van der Waals surface area contributed by atoms with Gasteiger partial charge in [0.25, 0.3) is 0 Å². The number of azo groups is 1. The number of nitrogens with one attached hydrogen (secondary N) is 1. The first-order valence-electron chi connectivity index (χ1n) is 17.6. The molecule has 1 amide bonds. The molecule has 3 N–H and O–H groups in total. The Morgan fingerprint density at radius 2 is 1.37 bits per heavy atom. The van der Waals surface area contributed by atoms with E-state index in [4.69, 9.17) is 10.5 Å². The van der Waals surface area contributed by atoms with Gasteiger partial charge < -0.3 is 25.8 Å². The van der Waals surface area contributed by atoms with Crippen LogP contribution in [0.2, 0.25) is 0 Å². The van der Waals surface area contributed by atoms with Gasteiger partial charge in [0.1, 0.15) is 5.52 Å². The van der Waals surface area contributed by atoms with Crippen molar-refractivity contribution < 1.29 is 9.59 Å². The van der Waals surface area contributed by atoms with Crippen molar-refractivity contribution in [1.82, 2.24) is 35.0 Å². The molecule has 292 valence electrons. The molecule has 12 nitrogen and oxygen atoms in total. The predicted molar refractivity (Wildman–Crippen MR) is 219 cm³/mol. The summed E-state index contributed by atoms with van der Waals surface area (Å²) in [7, 11) is 0. The highest BCUT2D eigenvalue weighted by Crippen LogP contribution is 2.28. The van der Waals surface area contributed by atoms with Gasteiger partial charge in [-0.2, -0.15) is 14.9 Å². The molecule has 0 aliphatic carbocycles. The minimum absolute atomic E-state index is 0. The molecule has 2 aromatic carbocycles. The van der Waals surface area contributed by atoms with E-state index in [-0.39, 0.29) is 49.3 Å². The van der Waals surface area contributed by atoms with Gasteiger partial charge in [-0.25, -0.2) is 4.79 Å². The maximum absolute atomic E-state index is 12.4. The van der Waals surface area contributed by atoms with Crippen LogP contribution in [0.1, 0.15) is 52.0 Å². The molecule has 0 radical (unpaired) electrons. The third-order valence-corrected chi connectivity index (χ3v) is 9.97. The molecule has 7 aliphatic rings. The molecule has 2 atom stereocenters. The number of rotatable bonds is 4. The van der Waals surface area contributed by atoms with Crippen LogP contribution in [0.3, 0.4) is 0 Å². The lowest BCUT2D eigenvalue weighted by Crippen LogP contribution is -2.57. The fourth-order valence-electron chi connectivity index (χ4n) is 6.98. The summed E-state index contributed by atoms with van der Waals surface area (Å²) in [5.74, 6) is 1.47. The first kappa shape index (κ1) is 47.9. The zero-order valence-corrected chi connectivity index (χ0v) is 34.2. The second kappa shape index (κ2) is 25.0. The Hall–Kier alpha value is -2.13. The minimum atomic E-state index is -0.889. The second-order valence-corrected chi connectivity index (χ2v) is 13.7. The second-order valence-electron chi connectivity index (χ2n) is 12.9. The molecule has 6 fully saturated rings. The largest absolute Gasteiger partial charge is 0.344 e. The van der Waals surface area contributed by atoms with E-state index in [9.17, 15) is 4.79 Å². The Bertz CT molecular complexity index is 1490. The number of benzene rings is 2.